The molecular formula is C9H10O2S. The van der Waals surface area contributed by atoms with E-state index in [1.165, 1.54) is 5.56 Å². The number of benzene rings is 1. The second kappa shape index (κ2) is 4.16. The highest BCUT2D eigenvalue weighted by Crippen LogP contribution is 2.05. The quantitative estimate of drug-likeness (QED) is 0.562. The molecule has 0 fully saturated rings. The van der Waals surface area contributed by atoms with Crippen molar-refractivity contribution < 1.29 is 9.53 Å². The summed E-state index contributed by atoms with van der Waals surface area (Å²) in [7, 11) is 0. The van der Waals surface area contributed by atoms with E-state index in [9.17, 15) is 4.79 Å². The summed E-state index contributed by atoms with van der Waals surface area (Å²) in [6, 6.07) is 7.79. The topological polar surface area (TPSA) is 26.3 Å². The second-order valence-electron chi connectivity index (χ2n) is 2.54. The zero-order valence-electron chi connectivity index (χ0n) is 6.78. The van der Waals surface area contributed by atoms with Crippen LogP contribution in [-0.2, 0) is 11.3 Å². The van der Waals surface area contributed by atoms with E-state index in [1.807, 2.05) is 31.2 Å². The van der Waals surface area contributed by atoms with Crippen LogP contribution in [0, 0.1) is 6.92 Å². The minimum Gasteiger partial charge on any atom is -0.453 e. The zero-order chi connectivity index (χ0) is 8.97. The van der Waals surface area contributed by atoms with Gasteiger partial charge in [0.2, 0.25) is 0 Å². The minimum atomic E-state index is -0.546. The first-order valence-corrected chi connectivity index (χ1v) is 4.04. The number of rotatable bonds is 2. The Labute approximate surface area is 77.0 Å². The molecule has 0 unspecified atom stereocenters. The van der Waals surface area contributed by atoms with Gasteiger partial charge in [-0.2, -0.15) is 0 Å². The maximum Gasteiger partial charge on any atom is 0.364 e. The molecule has 0 spiro atoms. The summed E-state index contributed by atoms with van der Waals surface area (Å²) in [5.74, 6) is 0. The van der Waals surface area contributed by atoms with Crippen LogP contribution >= 0.6 is 12.6 Å². The first kappa shape index (κ1) is 9.13. The third-order valence-electron chi connectivity index (χ3n) is 1.48. The van der Waals surface area contributed by atoms with Crippen LogP contribution in [0.2, 0.25) is 0 Å². The molecule has 12 heavy (non-hydrogen) atoms. The fourth-order valence-corrected chi connectivity index (χ4v) is 0.894. The van der Waals surface area contributed by atoms with Gasteiger partial charge in [0.25, 0.3) is 0 Å². The Hall–Kier alpha value is -0.960. The molecule has 1 rings (SSSR count). The second-order valence-corrected chi connectivity index (χ2v) is 2.91. The number of thiol groups is 1. The Balaban J connectivity index is 2.53. The van der Waals surface area contributed by atoms with E-state index in [-0.39, 0.29) is 0 Å². The van der Waals surface area contributed by atoms with Gasteiger partial charge in [-0.1, -0.05) is 42.5 Å². The number of aryl methyl sites for hydroxylation is 1. The zero-order valence-corrected chi connectivity index (χ0v) is 7.67. The number of ether oxygens (including phenoxy) is 1. The SMILES string of the molecule is Cc1ccc(COC(=O)S)cc1. The predicted octanol–water partition coefficient (Wildman–Crippen LogP) is 2.56. The third-order valence-corrected chi connectivity index (χ3v) is 1.61. The molecule has 0 atom stereocenters. The van der Waals surface area contributed by atoms with Gasteiger partial charge in [-0.15, -0.1) is 0 Å². The molecule has 3 heteroatoms. The molecule has 0 saturated heterocycles. The molecule has 0 bridgehead atoms. The molecular weight excluding hydrogens is 172 g/mol. The lowest BCUT2D eigenvalue weighted by Crippen LogP contribution is -1.94. The smallest absolute Gasteiger partial charge is 0.364 e. The summed E-state index contributed by atoms with van der Waals surface area (Å²) in [4.78, 5) is 10.3. The van der Waals surface area contributed by atoms with Crippen molar-refractivity contribution in [3.8, 4) is 0 Å². The van der Waals surface area contributed by atoms with Crippen molar-refractivity contribution in [2.45, 2.75) is 13.5 Å². The van der Waals surface area contributed by atoms with Crippen LogP contribution in [0.15, 0.2) is 24.3 Å². The monoisotopic (exact) mass is 182 g/mol. The summed E-state index contributed by atoms with van der Waals surface area (Å²) < 4.78 is 4.69. The first-order valence-electron chi connectivity index (χ1n) is 3.60. The van der Waals surface area contributed by atoms with Crippen molar-refractivity contribution in [2.75, 3.05) is 0 Å². The van der Waals surface area contributed by atoms with Gasteiger partial charge in [0.1, 0.15) is 6.61 Å². The minimum absolute atomic E-state index is 0.294. The molecule has 0 amide bonds. The van der Waals surface area contributed by atoms with E-state index in [1.54, 1.807) is 0 Å². The summed E-state index contributed by atoms with van der Waals surface area (Å²) in [5, 5.41) is -0.546. The van der Waals surface area contributed by atoms with Gasteiger partial charge in [-0.3, -0.25) is 0 Å². The van der Waals surface area contributed by atoms with Crippen molar-refractivity contribution in [1.82, 2.24) is 0 Å². The van der Waals surface area contributed by atoms with Crippen LogP contribution < -0.4 is 0 Å². The Morgan fingerprint density at radius 1 is 1.42 bits per heavy atom. The third kappa shape index (κ3) is 2.96. The van der Waals surface area contributed by atoms with Gasteiger partial charge in [0.15, 0.2) is 0 Å². The molecule has 0 N–H and O–H groups in total. The average molecular weight is 182 g/mol. The summed E-state index contributed by atoms with van der Waals surface area (Å²) >= 11 is 3.49. The summed E-state index contributed by atoms with van der Waals surface area (Å²) in [6.07, 6.45) is 0. The van der Waals surface area contributed by atoms with Gasteiger partial charge < -0.3 is 4.74 Å². The number of carbonyl (C=O) groups excluding carboxylic acids is 1. The fourth-order valence-electron chi connectivity index (χ4n) is 0.829. The fraction of sp³-hybridized carbons (Fsp3) is 0.222. The van der Waals surface area contributed by atoms with Crippen molar-refractivity contribution in [1.29, 1.82) is 0 Å². The molecule has 0 aliphatic carbocycles. The van der Waals surface area contributed by atoms with Gasteiger partial charge in [-0.05, 0) is 12.5 Å². The standard InChI is InChI=1S/C9H10O2S/c1-7-2-4-8(5-3-7)6-11-9(10)12/h2-5H,6H2,1H3,(H,10,12). The van der Waals surface area contributed by atoms with Crippen LogP contribution in [0.25, 0.3) is 0 Å². The molecule has 64 valence electrons. The van der Waals surface area contributed by atoms with E-state index in [0.717, 1.165) is 5.56 Å². The molecule has 0 saturated carbocycles. The number of hydrogen-bond donors (Lipinski definition) is 1. The molecule has 0 aliphatic rings. The van der Waals surface area contributed by atoms with Crippen molar-refractivity contribution in [3.63, 3.8) is 0 Å². The van der Waals surface area contributed by atoms with Crippen molar-refractivity contribution in [3.05, 3.63) is 35.4 Å². The van der Waals surface area contributed by atoms with Crippen LogP contribution in [-0.4, -0.2) is 5.30 Å². The van der Waals surface area contributed by atoms with Gasteiger partial charge in [-0.25, -0.2) is 4.79 Å². The predicted molar refractivity (Wildman–Crippen MR) is 50.4 cm³/mol. The molecule has 0 aliphatic heterocycles. The Kier molecular flexibility index (Phi) is 3.17. The highest BCUT2D eigenvalue weighted by Gasteiger charge is 1.95. The van der Waals surface area contributed by atoms with E-state index in [4.69, 9.17) is 4.74 Å². The molecule has 0 aromatic heterocycles. The van der Waals surface area contributed by atoms with Gasteiger partial charge >= 0.3 is 5.30 Å². The first-order chi connectivity index (χ1) is 5.68. The highest BCUT2D eigenvalue weighted by atomic mass is 32.1. The Morgan fingerprint density at radius 3 is 2.50 bits per heavy atom. The van der Waals surface area contributed by atoms with Gasteiger partial charge in [0, 0.05) is 0 Å². The van der Waals surface area contributed by atoms with E-state index >= 15 is 0 Å². The lowest BCUT2D eigenvalue weighted by atomic mass is 10.2. The lowest BCUT2D eigenvalue weighted by Gasteiger charge is -2.00. The summed E-state index contributed by atoms with van der Waals surface area (Å²) in [6.45, 7) is 2.30. The maximum absolute atomic E-state index is 10.3. The van der Waals surface area contributed by atoms with E-state index in [0.29, 0.717) is 6.61 Å². The largest absolute Gasteiger partial charge is 0.453 e. The molecule has 2 nitrogen and oxygen atoms in total. The number of hydrogen-bond acceptors (Lipinski definition) is 2. The van der Waals surface area contributed by atoms with Gasteiger partial charge in [0.05, 0.1) is 0 Å². The van der Waals surface area contributed by atoms with E-state index < -0.39 is 5.30 Å². The van der Waals surface area contributed by atoms with Crippen molar-refractivity contribution in [2.24, 2.45) is 0 Å². The Bertz CT molecular complexity index is 266. The molecule has 1 aromatic carbocycles. The van der Waals surface area contributed by atoms with Crippen LogP contribution in [0.5, 0.6) is 0 Å². The van der Waals surface area contributed by atoms with Crippen LogP contribution in [0.4, 0.5) is 4.79 Å². The van der Waals surface area contributed by atoms with Crippen LogP contribution in [0.1, 0.15) is 11.1 Å². The van der Waals surface area contributed by atoms with Crippen molar-refractivity contribution >= 4 is 17.9 Å². The highest BCUT2D eigenvalue weighted by molar-refractivity contribution is 7.96. The normalized spacial score (nSPS) is 9.50. The van der Waals surface area contributed by atoms with E-state index in [2.05, 4.69) is 12.6 Å². The lowest BCUT2D eigenvalue weighted by molar-refractivity contribution is 0.169. The summed E-state index contributed by atoms with van der Waals surface area (Å²) in [5.41, 5.74) is 2.17. The Morgan fingerprint density at radius 2 is 2.00 bits per heavy atom. The molecule has 0 radical (unpaired) electrons. The molecule has 1 aromatic rings. The average Bonchev–Trinajstić information content (AvgIpc) is 2.03. The maximum atomic E-state index is 10.3. The van der Waals surface area contributed by atoms with Crippen LogP contribution in [0.3, 0.4) is 0 Å². The number of carbonyl (C=O) groups is 1. The molecule has 0 heterocycles.